The van der Waals surface area contributed by atoms with Crippen molar-refractivity contribution in [1.29, 1.82) is 5.41 Å². The van der Waals surface area contributed by atoms with Crippen molar-refractivity contribution in [3.05, 3.63) is 90.0 Å². The van der Waals surface area contributed by atoms with Gasteiger partial charge in [0, 0.05) is 20.0 Å². The fraction of sp³-hybridized carbons (Fsp3) is 0.364. The van der Waals surface area contributed by atoms with Gasteiger partial charge in [-0.25, -0.2) is 14.6 Å². The van der Waals surface area contributed by atoms with E-state index in [4.69, 9.17) is 34.8 Å². The molecule has 5 N–H and O–H groups in total. The van der Waals surface area contributed by atoms with Crippen LogP contribution in [0.15, 0.2) is 73.2 Å². The van der Waals surface area contributed by atoms with Gasteiger partial charge in [-0.1, -0.05) is 76.6 Å². The van der Waals surface area contributed by atoms with Crippen molar-refractivity contribution in [2.75, 3.05) is 18.4 Å². The predicted octanol–water partition coefficient (Wildman–Crippen LogP) is -2.17. The summed E-state index contributed by atoms with van der Waals surface area (Å²) in [4.78, 5) is 66.5. The molecule has 52 heavy (non-hydrogen) atoms. The molecular weight excluding hydrogens is 798 g/mol. The molecule has 0 radical (unpaired) electrons. The minimum absolute atomic E-state index is 0. The maximum Gasteiger partial charge on any atom is 1.00 e. The number of nitrogens with one attached hydrogen (secondary N) is 2. The third-order valence-corrected chi connectivity index (χ3v) is 7.36. The van der Waals surface area contributed by atoms with Crippen LogP contribution in [-0.2, 0) is 42.0 Å². The zero-order chi connectivity index (χ0) is 37.1. The fourth-order valence-electron chi connectivity index (χ4n) is 4.77. The van der Waals surface area contributed by atoms with E-state index in [1.54, 1.807) is 17.4 Å². The third kappa shape index (κ3) is 21.6. The molecule has 3 aromatic rings. The number of aliphatic carboxylic acids is 1. The number of Topliss-reactive ketones (excluding diaryl/α,β-unsaturated/α-hetero) is 1. The van der Waals surface area contributed by atoms with Gasteiger partial charge < -0.3 is 36.9 Å². The Bertz CT molecular complexity index is 1430. The van der Waals surface area contributed by atoms with E-state index in [2.05, 4.69) is 36.5 Å². The molecule has 2 aliphatic heterocycles. The van der Waals surface area contributed by atoms with Crippen molar-refractivity contribution in [1.82, 2.24) is 19.8 Å². The van der Waals surface area contributed by atoms with Crippen LogP contribution in [0.1, 0.15) is 56.9 Å². The second-order valence-electron chi connectivity index (χ2n) is 10.3. The first-order chi connectivity index (χ1) is 24.1. The Labute approximate surface area is 397 Å². The first kappa shape index (κ1) is 52.1. The number of carboxylic acid groups (broad SMARTS) is 1. The summed E-state index contributed by atoms with van der Waals surface area (Å²) in [5.41, 5.74) is 7.30. The largest absolute Gasteiger partial charge is 1.00 e. The van der Waals surface area contributed by atoms with Crippen LogP contribution < -0.4 is 114 Å². The molecule has 1 aromatic heterocycles. The molecule has 0 bridgehead atoms. The number of carboxylic acids is 1. The molecule has 19 heteroatoms. The van der Waals surface area contributed by atoms with Gasteiger partial charge in [0.15, 0.2) is 5.78 Å². The van der Waals surface area contributed by atoms with Gasteiger partial charge in [-0.2, -0.15) is 0 Å². The molecule has 2 fully saturated rings. The Morgan fingerprint density at radius 3 is 1.85 bits per heavy atom. The van der Waals surface area contributed by atoms with Gasteiger partial charge in [0.1, 0.15) is 13.2 Å². The van der Waals surface area contributed by atoms with E-state index in [1.165, 1.54) is 4.90 Å². The van der Waals surface area contributed by atoms with Gasteiger partial charge in [0.25, 0.3) is 12.4 Å². The topological polar surface area (TPSA) is 241 Å². The number of aromatic amines is 1. The normalized spacial score (nSPS) is 14.8. The molecule has 3 heterocycles. The first-order valence-corrected chi connectivity index (χ1v) is 16.4. The predicted molar refractivity (Wildman–Crippen MR) is 184 cm³/mol. The molecular formula is C33H43BrK2N6O10. The number of amides is 2. The number of H-pyrrole nitrogens is 1. The minimum Gasteiger partial charge on any atom is -1.00 e. The average molecular weight is 842 g/mol. The van der Waals surface area contributed by atoms with Crippen molar-refractivity contribution in [3.8, 4) is 0 Å². The second kappa shape index (κ2) is 32.4. The Morgan fingerprint density at radius 2 is 1.42 bits per heavy atom. The van der Waals surface area contributed by atoms with E-state index in [1.807, 2.05) is 60.7 Å². The molecule has 5 rings (SSSR count). The van der Waals surface area contributed by atoms with Crippen LogP contribution in [0.25, 0.3) is 0 Å². The van der Waals surface area contributed by atoms with E-state index >= 15 is 0 Å². The van der Waals surface area contributed by atoms with E-state index in [-0.39, 0.29) is 147 Å². The fourth-order valence-corrected chi connectivity index (χ4v) is 5.14. The van der Waals surface area contributed by atoms with Crippen molar-refractivity contribution in [3.63, 3.8) is 0 Å². The van der Waals surface area contributed by atoms with Crippen molar-refractivity contribution in [2.45, 2.75) is 57.9 Å². The summed E-state index contributed by atoms with van der Waals surface area (Å²) >= 11 is 3.15. The minimum atomic E-state index is -0.833. The number of carbonyl (C=O) groups is 5. The van der Waals surface area contributed by atoms with Gasteiger partial charge >= 0.3 is 115 Å². The summed E-state index contributed by atoms with van der Waals surface area (Å²) in [5, 5.41) is 22.0. The number of nitrogens with two attached hydrogens (primary N) is 1. The Balaban J connectivity index is -0.000000709. The van der Waals surface area contributed by atoms with Gasteiger partial charge in [0.2, 0.25) is 0 Å². The summed E-state index contributed by atoms with van der Waals surface area (Å²) in [6.07, 6.45) is 7.02. The molecule has 0 spiro atoms. The van der Waals surface area contributed by atoms with Gasteiger partial charge in [-0.15, -0.1) is 0 Å². The molecule has 16 nitrogen and oxygen atoms in total. The molecule has 0 saturated carbocycles. The van der Waals surface area contributed by atoms with Gasteiger partial charge in [0.05, 0.1) is 42.0 Å². The number of aromatic nitrogens is 2. The van der Waals surface area contributed by atoms with Crippen molar-refractivity contribution in [2.24, 2.45) is 5.73 Å². The monoisotopic (exact) mass is 840 g/mol. The Morgan fingerprint density at radius 1 is 0.981 bits per heavy atom. The van der Waals surface area contributed by atoms with Crippen LogP contribution in [-0.4, -0.2) is 86.1 Å². The number of likely N-dealkylation sites (tertiary alicyclic amines) is 2. The standard InChI is InChI=1S/C15H17N3O2.C14H16BrNO3.C2H4O2.CH4N2.CH2O3.2K.H/c19-15(20-10-12-5-2-1-3-6-12)18-8-4-7-14(18)13-9-16-11-17-13;15-9-13(17)12-7-4-8-16(12)14(18)19-10-11-5-2-1-3-6-11;1-2(3)4;2-1-3;2-1-4-3;;;/h1-3,5-6,9,11,14H,4,7-8,10H2,(H,16,17);1-3,5-6,12H,4,7-10H2;1H3,(H,3,4);1H,(H3,2,3);1,3H;;;/q;;;;;2*+1;-1/p-1/t14-;12-;;;;;;/m00....../s1. The van der Waals surface area contributed by atoms with Crippen LogP contribution >= 0.6 is 15.9 Å². The number of nitrogens with zero attached hydrogens (tertiary/aromatic N) is 3. The molecule has 0 unspecified atom stereocenters. The van der Waals surface area contributed by atoms with Crippen LogP contribution in [0, 0.1) is 5.41 Å². The van der Waals surface area contributed by atoms with Crippen molar-refractivity contribution >= 4 is 52.7 Å². The SMILES string of the molecule is CC(=O)O.N=CN.O=C(CBr)[C@@H]1CCCN1C(=O)OCc1ccccc1.O=C(OCc1ccccc1)N1CCC[C@H]1c1cnc[nH]1.O=CO[O-].[H-].[K+].[K+]. The summed E-state index contributed by atoms with van der Waals surface area (Å²) in [7, 11) is 0. The molecule has 2 saturated heterocycles. The number of alkyl halides is 1. The summed E-state index contributed by atoms with van der Waals surface area (Å²) < 4.78 is 10.6. The average Bonchev–Trinajstić information content (AvgIpc) is 3.93. The number of hydrogen-bond donors (Lipinski definition) is 4. The molecule has 0 aliphatic carbocycles. The summed E-state index contributed by atoms with van der Waals surface area (Å²) in [6.45, 7) is 2.78. The number of carbonyl (C=O) groups excluding carboxylic acids is 4. The van der Waals surface area contributed by atoms with E-state index < -0.39 is 12.1 Å². The van der Waals surface area contributed by atoms with E-state index in [0.717, 1.165) is 62.3 Å². The number of hydrogen-bond acceptors (Lipinski definition) is 11. The molecule has 2 aliphatic rings. The maximum atomic E-state index is 12.2. The van der Waals surface area contributed by atoms with Crippen LogP contribution in [0.3, 0.4) is 0 Å². The number of benzene rings is 2. The number of halogens is 1. The molecule has 2 aromatic carbocycles. The zero-order valence-corrected chi connectivity index (χ0v) is 37.4. The number of imidazole rings is 1. The first-order valence-electron chi connectivity index (χ1n) is 15.3. The second-order valence-corrected chi connectivity index (χ2v) is 10.8. The van der Waals surface area contributed by atoms with Gasteiger partial charge in [-0.3, -0.25) is 29.6 Å². The Hall–Kier alpha value is -2.02. The molecule has 2 atom stereocenters. The number of rotatable bonds is 8. The molecule has 2 amide bonds. The van der Waals surface area contributed by atoms with Crippen LogP contribution in [0.2, 0.25) is 0 Å². The summed E-state index contributed by atoms with van der Waals surface area (Å²) in [5.74, 6) is -0.797. The van der Waals surface area contributed by atoms with E-state index in [9.17, 15) is 14.4 Å². The smallest absolute Gasteiger partial charge is 1.00 e. The number of ether oxygens (including phenoxy) is 2. The van der Waals surface area contributed by atoms with E-state index in [0.29, 0.717) is 13.2 Å². The summed E-state index contributed by atoms with van der Waals surface area (Å²) in [6, 6.07) is 19.0. The van der Waals surface area contributed by atoms with Crippen LogP contribution in [0.4, 0.5) is 9.59 Å². The third-order valence-electron chi connectivity index (χ3n) is 6.81. The van der Waals surface area contributed by atoms with Crippen LogP contribution in [0.5, 0.6) is 0 Å². The Kier molecular flexibility index (Phi) is 32.5. The quantitative estimate of drug-likeness (QED) is 0.0361. The van der Waals surface area contributed by atoms with Crippen molar-refractivity contribution < 1.29 is 153 Å². The zero-order valence-electron chi connectivity index (χ0n) is 30.5. The maximum absolute atomic E-state index is 12.2. The molecule has 274 valence electrons. The van der Waals surface area contributed by atoms with Gasteiger partial charge in [-0.05, 0) is 36.8 Å². The number of ketones is 1.